The number of hydrogen-bond donors (Lipinski definition) is 2. The quantitative estimate of drug-likeness (QED) is 0.820. The Bertz CT molecular complexity index is 518. The summed E-state index contributed by atoms with van der Waals surface area (Å²) in [6.45, 7) is 1.74. The van der Waals surface area contributed by atoms with Gasteiger partial charge in [-0.2, -0.15) is 13.2 Å². The van der Waals surface area contributed by atoms with E-state index in [-0.39, 0.29) is 23.5 Å². The van der Waals surface area contributed by atoms with E-state index in [2.05, 4.69) is 5.32 Å². The monoisotopic (exact) mass is 308 g/mol. The van der Waals surface area contributed by atoms with Crippen LogP contribution in [0, 0.1) is 0 Å². The molecule has 20 heavy (non-hydrogen) atoms. The van der Waals surface area contributed by atoms with Crippen molar-refractivity contribution >= 4 is 28.1 Å². The van der Waals surface area contributed by atoms with Crippen LogP contribution in [0.3, 0.4) is 0 Å². The molecule has 1 unspecified atom stereocenters. The molecule has 0 bridgehead atoms. The van der Waals surface area contributed by atoms with Crippen LogP contribution in [0.25, 0.3) is 0 Å². The Morgan fingerprint density at radius 1 is 1.40 bits per heavy atom. The second-order valence-corrected chi connectivity index (χ2v) is 5.90. The van der Waals surface area contributed by atoms with Gasteiger partial charge in [-0.3, -0.25) is 9.00 Å². The zero-order valence-electron chi connectivity index (χ0n) is 10.8. The van der Waals surface area contributed by atoms with Crippen LogP contribution in [-0.2, 0) is 21.8 Å². The summed E-state index contributed by atoms with van der Waals surface area (Å²) < 4.78 is 48.5. The summed E-state index contributed by atoms with van der Waals surface area (Å²) in [5.74, 6) is 0.233. The van der Waals surface area contributed by atoms with E-state index in [9.17, 15) is 22.2 Å². The second kappa shape index (κ2) is 6.74. The van der Waals surface area contributed by atoms with Crippen molar-refractivity contribution in [1.82, 2.24) is 0 Å². The van der Waals surface area contributed by atoms with Crippen molar-refractivity contribution in [1.29, 1.82) is 0 Å². The van der Waals surface area contributed by atoms with Crippen LogP contribution in [0.2, 0.25) is 0 Å². The maximum Gasteiger partial charge on any atom is 0.416 e. The van der Waals surface area contributed by atoms with Gasteiger partial charge in [0.15, 0.2) is 0 Å². The lowest BCUT2D eigenvalue weighted by Gasteiger charge is -2.11. The molecule has 0 aliphatic rings. The molecule has 0 radical (unpaired) electrons. The average Bonchev–Trinajstić information content (AvgIpc) is 2.37. The maximum absolute atomic E-state index is 12.4. The first-order valence-corrected chi connectivity index (χ1v) is 7.34. The summed E-state index contributed by atoms with van der Waals surface area (Å²) in [6.07, 6.45) is -4.45. The van der Waals surface area contributed by atoms with Gasteiger partial charge in [-0.05, 0) is 18.2 Å². The molecule has 0 saturated heterocycles. The highest BCUT2D eigenvalue weighted by Gasteiger charge is 2.30. The number of amides is 1. The molecular weight excluding hydrogens is 293 g/mol. The molecule has 8 heteroatoms. The molecule has 112 valence electrons. The molecule has 3 N–H and O–H groups in total. The SMILES string of the molecule is CCS(=O)CCC(=O)Nc1ccc(C(F)(F)F)cc1N. The van der Waals surface area contributed by atoms with E-state index >= 15 is 0 Å². The standard InChI is InChI=1S/C12H15F3N2O2S/c1-2-20(19)6-5-11(18)17-10-4-3-8(7-9(10)16)12(13,14)15/h3-4,7H,2,5-6,16H2,1H3,(H,17,18). The Morgan fingerprint density at radius 2 is 2.05 bits per heavy atom. The number of nitrogen functional groups attached to an aromatic ring is 1. The molecule has 0 fully saturated rings. The van der Waals surface area contributed by atoms with Crippen molar-refractivity contribution in [3.63, 3.8) is 0 Å². The van der Waals surface area contributed by atoms with E-state index in [1.807, 2.05) is 0 Å². The lowest BCUT2D eigenvalue weighted by molar-refractivity contribution is -0.137. The Hall–Kier alpha value is -1.57. The number of alkyl halides is 3. The largest absolute Gasteiger partial charge is 0.416 e. The third kappa shape index (κ3) is 4.84. The Balaban J connectivity index is 2.69. The number of carbonyl (C=O) groups excluding carboxylic acids is 1. The topological polar surface area (TPSA) is 72.2 Å². The van der Waals surface area contributed by atoms with Gasteiger partial charge in [0.05, 0.1) is 16.9 Å². The van der Waals surface area contributed by atoms with Crippen molar-refractivity contribution in [2.24, 2.45) is 0 Å². The number of benzene rings is 1. The Kier molecular flexibility index (Phi) is 5.55. The summed E-state index contributed by atoms with van der Waals surface area (Å²) in [6, 6.07) is 2.71. The first-order valence-electron chi connectivity index (χ1n) is 5.85. The van der Waals surface area contributed by atoms with Gasteiger partial charge >= 0.3 is 6.18 Å². The smallest absolute Gasteiger partial charge is 0.397 e. The van der Waals surface area contributed by atoms with Gasteiger partial charge in [-0.25, -0.2) is 0 Å². The second-order valence-electron chi connectivity index (χ2n) is 4.03. The van der Waals surface area contributed by atoms with E-state index in [1.165, 1.54) is 0 Å². The lowest BCUT2D eigenvalue weighted by Crippen LogP contribution is -2.16. The van der Waals surface area contributed by atoms with Gasteiger partial charge in [0, 0.05) is 28.7 Å². The molecule has 0 heterocycles. The van der Waals surface area contributed by atoms with Crippen LogP contribution in [0.5, 0.6) is 0 Å². The fourth-order valence-electron chi connectivity index (χ4n) is 1.42. The Morgan fingerprint density at radius 3 is 2.55 bits per heavy atom. The summed E-state index contributed by atoms with van der Waals surface area (Å²) >= 11 is 0. The van der Waals surface area contributed by atoms with Crippen molar-refractivity contribution in [2.45, 2.75) is 19.5 Å². The zero-order valence-corrected chi connectivity index (χ0v) is 11.6. The van der Waals surface area contributed by atoms with Gasteiger partial charge in [0.1, 0.15) is 0 Å². The highest BCUT2D eigenvalue weighted by Crippen LogP contribution is 2.32. The molecule has 0 spiro atoms. The van der Waals surface area contributed by atoms with Gasteiger partial charge in [0.2, 0.25) is 5.91 Å². The predicted molar refractivity (Wildman–Crippen MR) is 72.7 cm³/mol. The first kappa shape index (κ1) is 16.5. The summed E-state index contributed by atoms with van der Waals surface area (Å²) in [4.78, 5) is 11.5. The molecule has 0 aliphatic heterocycles. The lowest BCUT2D eigenvalue weighted by atomic mass is 10.1. The summed E-state index contributed by atoms with van der Waals surface area (Å²) in [5.41, 5.74) is 4.55. The summed E-state index contributed by atoms with van der Waals surface area (Å²) in [5, 5.41) is 2.40. The average molecular weight is 308 g/mol. The predicted octanol–water partition coefficient (Wildman–Crippen LogP) is 2.38. The molecule has 1 amide bonds. The minimum absolute atomic E-state index is 0.0287. The molecule has 4 nitrogen and oxygen atoms in total. The van der Waals surface area contributed by atoms with Crippen molar-refractivity contribution < 1.29 is 22.2 Å². The molecule has 1 rings (SSSR count). The number of rotatable bonds is 5. The van der Waals surface area contributed by atoms with Crippen molar-refractivity contribution in [2.75, 3.05) is 22.6 Å². The van der Waals surface area contributed by atoms with Crippen LogP contribution < -0.4 is 11.1 Å². The fourth-order valence-corrected chi connectivity index (χ4v) is 2.12. The molecule has 1 aromatic rings. The van der Waals surface area contributed by atoms with E-state index in [4.69, 9.17) is 5.73 Å². The molecular formula is C12H15F3N2O2S. The zero-order chi connectivity index (χ0) is 15.3. The number of nitrogens with two attached hydrogens (primary N) is 1. The van der Waals surface area contributed by atoms with Crippen molar-refractivity contribution in [3.8, 4) is 0 Å². The van der Waals surface area contributed by atoms with Gasteiger partial charge in [0.25, 0.3) is 0 Å². The highest BCUT2D eigenvalue weighted by atomic mass is 32.2. The van der Waals surface area contributed by atoms with Crippen LogP contribution in [0.15, 0.2) is 18.2 Å². The highest BCUT2D eigenvalue weighted by molar-refractivity contribution is 7.84. The third-order valence-corrected chi connectivity index (χ3v) is 3.84. The van der Waals surface area contributed by atoms with E-state index < -0.39 is 28.4 Å². The number of anilines is 2. The van der Waals surface area contributed by atoms with E-state index in [1.54, 1.807) is 6.92 Å². The third-order valence-electron chi connectivity index (χ3n) is 2.53. The number of carbonyl (C=O) groups is 1. The van der Waals surface area contributed by atoms with Crippen LogP contribution >= 0.6 is 0 Å². The fraction of sp³-hybridized carbons (Fsp3) is 0.417. The van der Waals surface area contributed by atoms with Crippen LogP contribution in [-0.4, -0.2) is 21.6 Å². The first-order chi connectivity index (χ1) is 9.24. The number of hydrogen-bond acceptors (Lipinski definition) is 3. The normalized spacial score (nSPS) is 13.0. The van der Waals surface area contributed by atoms with Crippen molar-refractivity contribution in [3.05, 3.63) is 23.8 Å². The molecule has 0 aromatic heterocycles. The minimum Gasteiger partial charge on any atom is -0.397 e. The molecule has 1 aromatic carbocycles. The minimum atomic E-state index is -4.48. The van der Waals surface area contributed by atoms with Gasteiger partial charge in [-0.15, -0.1) is 0 Å². The Labute approximate surface area is 117 Å². The maximum atomic E-state index is 12.4. The van der Waals surface area contributed by atoms with Crippen LogP contribution in [0.4, 0.5) is 24.5 Å². The number of halogens is 3. The van der Waals surface area contributed by atoms with E-state index in [0.717, 1.165) is 18.2 Å². The molecule has 1 atom stereocenters. The van der Waals surface area contributed by atoms with E-state index in [0.29, 0.717) is 5.75 Å². The van der Waals surface area contributed by atoms with Crippen LogP contribution in [0.1, 0.15) is 18.9 Å². The number of nitrogens with one attached hydrogen (secondary N) is 1. The van der Waals surface area contributed by atoms with Gasteiger partial charge < -0.3 is 11.1 Å². The molecule has 0 saturated carbocycles. The van der Waals surface area contributed by atoms with Gasteiger partial charge in [-0.1, -0.05) is 6.92 Å². The molecule has 0 aliphatic carbocycles. The summed E-state index contributed by atoms with van der Waals surface area (Å²) in [7, 11) is -1.07.